The maximum Gasteiger partial charge on any atom is 0.328 e. The highest BCUT2D eigenvalue weighted by Crippen LogP contribution is 2.19. The minimum Gasteiger partial charge on any atom is -0.480 e. The van der Waals surface area contributed by atoms with E-state index >= 15 is 0 Å². The van der Waals surface area contributed by atoms with Gasteiger partial charge in [0.15, 0.2) is 0 Å². The summed E-state index contributed by atoms with van der Waals surface area (Å²) < 4.78 is 0. The number of hydrogen-bond acceptors (Lipinski definition) is 5. The summed E-state index contributed by atoms with van der Waals surface area (Å²) >= 11 is 0. The molecule has 1 aliphatic heterocycles. The van der Waals surface area contributed by atoms with Crippen molar-refractivity contribution in [3.8, 4) is 0 Å². The molecule has 8 nitrogen and oxygen atoms in total. The van der Waals surface area contributed by atoms with Crippen LogP contribution in [0.5, 0.6) is 0 Å². The Bertz CT molecular complexity index is 427. The molecule has 0 aromatic rings. The summed E-state index contributed by atoms with van der Waals surface area (Å²) in [5, 5.41) is 20.1. The number of carbonyl (C=O) groups excluding carboxylic acids is 2. The molecule has 1 saturated heterocycles. The number of aliphatic hydroxyl groups excluding tert-OH is 1. The molecule has 22 heavy (non-hydrogen) atoms. The Morgan fingerprint density at radius 1 is 1.36 bits per heavy atom. The van der Waals surface area contributed by atoms with Crippen molar-refractivity contribution < 1.29 is 24.6 Å². The van der Waals surface area contributed by atoms with E-state index in [-0.39, 0.29) is 11.8 Å². The summed E-state index contributed by atoms with van der Waals surface area (Å²) in [5.41, 5.74) is 5.88. The first-order valence-electron chi connectivity index (χ1n) is 7.48. The normalized spacial score (nSPS) is 20.8. The standard InChI is InChI=1S/C14H25N3O5/c1-8(2)6-9(15)13(20)17-5-3-4-11(17)12(19)16-10(7-18)14(21)22/h8-11,18H,3-7,15H2,1-2H3,(H,16,19)(H,21,22)/t9-,10-,11-/m0/s1. The van der Waals surface area contributed by atoms with Crippen molar-refractivity contribution >= 4 is 17.8 Å². The van der Waals surface area contributed by atoms with Crippen molar-refractivity contribution in [3.63, 3.8) is 0 Å². The lowest BCUT2D eigenvalue weighted by Gasteiger charge is -2.28. The summed E-state index contributed by atoms with van der Waals surface area (Å²) in [4.78, 5) is 36.8. The summed E-state index contributed by atoms with van der Waals surface area (Å²) in [6, 6.07) is -2.75. The van der Waals surface area contributed by atoms with Crippen LogP contribution in [0.1, 0.15) is 33.1 Å². The number of likely N-dealkylation sites (tertiary alicyclic amines) is 1. The zero-order chi connectivity index (χ0) is 16.9. The van der Waals surface area contributed by atoms with Gasteiger partial charge in [-0.2, -0.15) is 0 Å². The topological polar surface area (TPSA) is 133 Å². The summed E-state index contributed by atoms with van der Waals surface area (Å²) in [6.45, 7) is 3.65. The average molecular weight is 315 g/mol. The summed E-state index contributed by atoms with van der Waals surface area (Å²) in [5.74, 6) is -1.91. The maximum atomic E-state index is 12.3. The highest BCUT2D eigenvalue weighted by Gasteiger charge is 2.37. The Morgan fingerprint density at radius 3 is 2.50 bits per heavy atom. The van der Waals surface area contributed by atoms with Gasteiger partial charge in [-0.3, -0.25) is 9.59 Å². The lowest BCUT2D eigenvalue weighted by Crippen LogP contribution is -2.54. The Balaban J connectivity index is 2.71. The largest absolute Gasteiger partial charge is 0.480 e. The smallest absolute Gasteiger partial charge is 0.328 e. The van der Waals surface area contributed by atoms with Gasteiger partial charge in [-0.15, -0.1) is 0 Å². The lowest BCUT2D eigenvalue weighted by atomic mass is 10.0. The molecule has 0 saturated carbocycles. The van der Waals surface area contributed by atoms with E-state index in [4.69, 9.17) is 15.9 Å². The predicted octanol–water partition coefficient (Wildman–Crippen LogP) is -1.09. The van der Waals surface area contributed by atoms with Crippen molar-refractivity contribution in [1.29, 1.82) is 0 Å². The maximum absolute atomic E-state index is 12.3. The molecule has 1 fully saturated rings. The van der Waals surface area contributed by atoms with Crippen LogP contribution >= 0.6 is 0 Å². The highest BCUT2D eigenvalue weighted by molar-refractivity contribution is 5.92. The van der Waals surface area contributed by atoms with Gasteiger partial charge in [-0.1, -0.05) is 13.8 Å². The third-order valence-electron chi connectivity index (χ3n) is 3.68. The van der Waals surface area contributed by atoms with Crippen molar-refractivity contribution in [2.45, 2.75) is 51.2 Å². The number of carbonyl (C=O) groups is 3. The molecule has 0 aliphatic carbocycles. The SMILES string of the molecule is CC(C)C[C@H](N)C(=O)N1CCC[C@H]1C(=O)N[C@@H](CO)C(=O)O. The summed E-state index contributed by atoms with van der Waals surface area (Å²) in [6.07, 6.45) is 1.65. The van der Waals surface area contributed by atoms with Gasteiger partial charge in [-0.25, -0.2) is 4.79 Å². The zero-order valence-electron chi connectivity index (χ0n) is 13.0. The molecule has 2 amide bonds. The number of nitrogens with one attached hydrogen (secondary N) is 1. The van der Waals surface area contributed by atoms with E-state index in [0.717, 1.165) is 0 Å². The van der Waals surface area contributed by atoms with Crippen LogP contribution in [0.25, 0.3) is 0 Å². The van der Waals surface area contributed by atoms with E-state index in [1.54, 1.807) is 0 Å². The molecule has 1 aliphatic rings. The molecule has 1 heterocycles. The van der Waals surface area contributed by atoms with Gasteiger partial charge >= 0.3 is 5.97 Å². The molecule has 126 valence electrons. The molecule has 0 bridgehead atoms. The van der Waals surface area contributed by atoms with Gasteiger partial charge in [0.05, 0.1) is 12.6 Å². The van der Waals surface area contributed by atoms with E-state index in [1.165, 1.54) is 4.90 Å². The van der Waals surface area contributed by atoms with Crippen LogP contribution in [0.3, 0.4) is 0 Å². The average Bonchev–Trinajstić information content (AvgIpc) is 2.91. The molecule has 5 N–H and O–H groups in total. The van der Waals surface area contributed by atoms with E-state index in [1.807, 2.05) is 13.8 Å². The van der Waals surface area contributed by atoms with Crippen molar-refractivity contribution in [3.05, 3.63) is 0 Å². The lowest BCUT2D eigenvalue weighted by molar-refractivity contribution is -0.145. The van der Waals surface area contributed by atoms with E-state index in [9.17, 15) is 14.4 Å². The third kappa shape index (κ3) is 4.67. The highest BCUT2D eigenvalue weighted by atomic mass is 16.4. The summed E-state index contributed by atoms with van der Waals surface area (Å²) in [7, 11) is 0. The molecule has 8 heteroatoms. The number of carboxylic acids is 1. The number of nitrogens with two attached hydrogens (primary N) is 1. The fourth-order valence-electron chi connectivity index (χ4n) is 2.58. The van der Waals surface area contributed by atoms with E-state index in [2.05, 4.69) is 5.32 Å². The van der Waals surface area contributed by atoms with Gasteiger partial charge in [0.25, 0.3) is 0 Å². The Hall–Kier alpha value is -1.67. The van der Waals surface area contributed by atoms with Gasteiger partial charge in [0.2, 0.25) is 11.8 Å². The van der Waals surface area contributed by atoms with Crippen LogP contribution < -0.4 is 11.1 Å². The molecular weight excluding hydrogens is 290 g/mol. The first-order valence-corrected chi connectivity index (χ1v) is 7.48. The monoisotopic (exact) mass is 315 g/mol. The molecule has 1 rings (SSSR count). The number of amides is 2. The molecule has 3 atom stereocenters. The molecule has 0 aromatic carbocycles. The Labute approximate surface area is 129 Å². The van der Waals surface area contributed by atoms with Gasteiger partial charge in [-0.05, 0) is 25.2 Å². The van der Waals surface area contributed by atoms with Gasteiger partial charge in [0.1, 0.15) is 12.1 Å². The molecular formula is C14H25N3O5. The number of aliphatic hydroxyl groups is 1. The molecule has 0 radical (unpaired) electrons. The first-order chi connectivity index (χ1) is 10.3. The van der Waals surface area contributed by atoms with Crippen LogP contribution in [0.15, 0.2) is 0 Å². The number of carboxylic acid groups (broad SMARTS) is 1. The fourth-order valence-corrected chi connectivity index (χ4v) is 2.58. The van der Waals surface area contributed by atoms with Crippen LogP contribution in [-0.2, 0) is 14.4 Å². The first kappa shape index (κ1) is 18.4. The second-order valence-electron chi connectivity index (χ2n) is 6.01. The van der Waals surface area contributed by atoms with Gasteiger partial charge in [0, 0.05) is 6.54 Å². The predicted molar refractivity (Wildman–Crippen MR) is 78.8 cm³/mol. The number of aliphatic carboxylic acids is 1. The minimum atomic E-state index is -1.37. The van der Waals surface area contributed by atoms with Crippen LogP contribution in [0.4, 0.5) is 0 Å². The van der Waals surface area contributed by atoms with Crippen molar-refractivity contribution in [2.75, 3.05) is 13.2 Å². The van der Waals surface area contributed by atoms with Crippen LogP contribution in [0.2, 0.25) is 0 Å². The van der Waals surface area contributed by atoms with E-state index < -0.39 is 36.6 Å². The minimum absolute atomic E-state index is 0.264. The second-order valence-corrected chi connectivity index (χ2v) is 6.01. The fraction of sp³-hybridized carbons (Fsp3) is 0.786. The Kier molecular flexibility index (Phi) is 6.76. The van der Waals surface area contributed by atoms with Gasteiger partial charge < -0.3 is 26.2 Å². The third-order valence-corrected chi connectivity index (χ3v) is 3.68. The number of hydrogen-bond donors (Lipinski definition) is 4. The van der Waals surface area contributed by atoms with Crippen LogP contribution in [-0.4, -0.2) is 64.2 Å². The number of nitrogens with zero attached hydrogens (tertiary/aromatic N) is 1. The van der Waals surface area contributed by atoms with Crippen molar-refractivity contribution in [1.82, 2.24) is 10.2 Å². The zero-order valence-corrected chi connectivity index (χ0v) is 13.0. The molecule has 0 aromatic heterocycles. The van der Waals surface area contributed by atoms with Crippen LogP contribution in [0, 0.1) is 5.92 Å². The van der Waals surface area contributed by atoms with Crippen molar-refractivity contribution in [2.24, 2.45) is 11.7 Å². The Morgan fingerprint density at radius 2 is 2.00 bits per heavy atom. The quantitative estimate of drug-likeness (QED) is 0.472. The van der Waals surface area contributed by atoms with E-state index in [0.29, 0.717) is 25.8 Å². The number of rotatable bonds is 7. The second kappa shape index (κ2) is 8.09. The molecule has 0 spiro atoms. The molecule has 0 unspecified atom stereocenters.